The molecule has 0 aliphatic heterocycles. The molecule has 184 valence electrons. The van der Waals surface area contributed by atoms with Crippen molar-refractivity contribution < 1.29 is 0 Å². The highest BCUT2D eigenvalue weighted by molar-refractivity contribution is 6.33. The van der Waals surface area contributed by atoms with Gasteiger partial charge in [-0.15, -0.1) is 0 Å². The molecule has 1 aromatic carbocycles. The summed E-state index contributed by atoms with van der Waals surface area (Å²) < 4.78 is 1.86. The van der Waals surface area contributed by atoms with Crippen LogP contribution in [0.25, 0.3) is 33.4 Å². The molecule has 2 fully saturated rings. The van der Waals surface area contributed by atoms with Gasteiger partial charge in [0.1, 0.15) is 5.65 Å². The molecule has 8 heteroatoms. The van der Waals surface area contributed by atoms with Crippen LogP contribution in [0, 0.1) is 6.92 Å². The van der Waals surface area contributed by atoms with Gasteiger partial charge in [0.2, 0.25) is 5.95 Å². The lowest BCUT2D eigenvalue weighted by molar-refractivity contribution is 0.324. The highest BCUT2D eigenvalue weighted by atomic mass is 35.5. The minimum Gasteiger partial charge on any atom is -0.351 e. The third-order valence-electron chi connectivity index (χ3n) is 7.33. The number of anilines is 1. The van der Waals surface area contributed by atoms with Crippen molar-refractivity contribution in [3.8, 4) is 22.4 Å². The van der Waals surface area contributed by atoms with Crippen molar-refractivity contribution in [3.63, 3.8) is 0 Å². The van der Waals surface area contributed by atoms with Crippen molar-refractivity contribution in [2.24, 2.45) is 5.73 Å². The molecule has 0 atom stereocenters. The molecule has 3 N–H and O–H groups in total. The zero-order valence-electron chi connectivity index (χ0n) is 20.2. The van der Waals surface area contributed by atoms with Crippen LogP contribution in [0.3, 0.4) is 0 Å². The third kappa shape index (κ3) is 4.38. The number of nitrogens with zero attached hydrogens (tertiary/aromatic N) is 4. The molecule has 0 unspecified atom stereocenters. The highest BCUT2D eigenvalue weighted by Crippen LogP contribution is 2.35. The Bertz CT molecular complexity index is 1500. The second kappa shape index (κ2) is 9.30. The SMILES string of the molecule is Cc1cccnc1-c1ccc(-c2cc3cnc(NC4CC4)nc3n(C3CCC(N)CC3)c2=O)c(Cl)c1. The first-order chi connectivity index (χ1) is 17.5. The standard InChI is InChI=1S/C28H29ClN6O/c1-16-3-2-12-31-25(16)17-4-11-22(24(29)14-17)23-13-18-15-32-28(33-20-7-8-20)34-26(18)35(27(23)36)21-9-5-19(30)6-10-21/h2-4,11-15,19-21H,5-10,30H2,1H3,(H,32,33,34). The normalized spacial score (nSPS) is 20.0. The minimum absolute atomic E-state index is 0.0395. The third-order valence-corrected chi connectivity index (χ3v) is 7.65. The molecule has 0 bridgehead atoms. The Hall–Kier alpha value is -3.29. The van der Waals surface area contributed by atoms with E-state index in [-0.39, 0.29) is 17.6 Å². The molecule has 2 saturated carbocycles. The summed E-state index contributed by atoms with van der Waals surface area (Å²) in [5.74, 6) is 0.575. The summed E-state index contributed by atoms with van der Waals surface area (Å²) in [4.78, 5) is 27.9. The van der Waals surface area contributed by atoms with E-state index in [1.165, 1.54) is 0 Å². The Balaban J connectivity index is 1.49. The number of nitrogens with two attached hydrogens (primary N) is 1. The van der Waals surface area contributed by atoms with E-state index < -0.39 is 0 Å². The van der Waals surface area contributed by atoms with E-state index in [1.807, 2.05) is 47.9 Å². The van der Waals surface area contributed by atoms with Crippen LogP contribution in [0.15, 0.2) is 53.6 Å². The second-order valence-corrected chi connectivity index (χ2v) is 10.5. The maximum atomic E-state index is 14.1. The smallest absolute Gasteiger partial charge is 0.260 e. The van der Waals surface area contributed by atoms with E-state index in [0.717, 1.165) is 60.7 Å². The van der Waals surface area contributed by atoms with E-state index in [2.05, 4.69) is 15.3 Å². The number of aryl methyl sites for hydroxylation is 1. The fourth-order valence-electron chi connectivity index (χ4n) is 5.16. The largest absolute Gasteiger partial charge is 0.351 e. The average Bonchev–Trinajstić information content (AvgIpc) is 3.69. The highest BCUT2D eigenvalue weighted by Gasteiger charge is 2.26. The fourth-order valence-corrected chi connectivity index (χ4v) is 5.44. The molecule has 2 aliphatic carbocycles. The summed E-state index contributed by atoms with van der Waals surface area (Å²) in [5.41, 5.74) is 10.9. The van der Waals surface area contributed by atoms with Crippen LogP contribution in [-0.4, -0.2) is 31.6 Å². The number of pyridine rings is 2. The quantitative estimate of drug-likeness (QED) is 0.375. The molecular weight excluding hydrogens is 472 g/mol. The first kappa shape index (κ1) is 23.1. The van der Waals surface area contributed by atoms with Crippen LogP contribution in [-0.2, 0) is 0 Å². The lowest BCUT2D eigenvalue weighted by Gasteiger charge is -2.29. The van der Waals surface area contributed by atoms with Gasteiger partial charge in [0.25, 0.3) is 5.56 Å². The molecule has 0 amide bonds. The number of benzene rings is 1. The molecule has 4 aromatic rings. The number of hydrogen-bond donors (Lipinski definition) is 2. The van der Waals surface area contributed by atoms with Crippen LogP contribution in [0.1, 0.15) is 50.1 Å². The topological polar surface area (TPSA) is 98.7 Å². The zero-order valence-corrected chi connectivity index (χ0v) is 21.0. The summed E-state index contributed by atoms with van der Waals surface area (Å²) in [7, 11) is 0. The Morgan fingerprint density at radius 1 is 1.03 bits per heavy atom. The molecule has 36 heavy (non-hydrogen) atoms. The van der Waals surface area contributed by atoms with Gasteiger partial charge in [0.05, 0.1) is 5.69 Å². The zero-order chi connectivity index (χ0) is 24.8. The Morgan fingerprint density at radius 2 is 1.83 bits per heavy atom. The van der Waals surface area contributed by atoms with Crippen molar-refractivity contribution in [1.29, 1.82) is 0 Å². The monoisotopic (exact) mass is 500 g/mol. The molecule has 3 heterocycles. The van der Waals surface area contributed by atoms with Crippen molar-refractivity contribution in [2.45, 2.75) is 63.6 Å². The molecule has 2 aliphatic rings. The lowest BCUT2D eigenvalue weighted by Crippen LogP contribution is -2.33. The molecule has 0 radical (unpaired) electrons. The molecular formula is C28H29ClN6O. The van der Waals surface area contributed by atoms with E-state index >= 15 is 0 Å². The first-order valence-corrected chi connectivity index (χ1v) is 13.0. The molecule has 7 nitrogen and oxygen atoms in total. The predicted molar refractivity (Wildman–Crippen MR) is 144 cm³/mol. The van der Waals surface area contributed by atoms with Gasteiger partial charge in [0.15, 0.2) is 0 Å². The Morgan fingerprint density at radius 3 is 2.56 bits per heavy atom. The van der Waals surface area contributed by atoms with Gasteiger partial charge in [-0.2, -0.15) is 4.98 Å². The maximum Gasteiger partial charge on any atom is 0.260 e. The summed E-state index contributed by atoms with van der Waals surface area (Å²) in [6.45, 7) is 2.02. The van der Waals surface area contributed by atoms with Crippen molar-refractivity contribution in [1.82, 2.24) is 19.5 Å². The Kier molecular flexibility index (Phi) is 5.97. The first-order valence-electron chi connectivity index (χ1n) is 12.6. The van der Waals surface area contributed by atoms with E-state index in [4.69, 9.17) is 22.3 Å². The molecule has 3 aromatic heterocycles. The minimum atomic E-state index is -0.0808. The van der Waals surface area contributed by atoms with Gasteiger partial charge in [-0.05, 0) is 69.2 Å². The maximum absolute atomic E-state index is 14.1. The van der Waals surface area contributed by atoms with Gasteiger partial charge in [-0.3, -0.25) is 14.3 Å². The van der Waals surface area contributed by atoms with Gasteiger partial charge in [-0.1, -0.05) is 29.8 Å². The number of hydrogen-bond acceptors (Lipinski definition) is 6. The van der Waals surface area contributed by atoms with Gasteiger partial charge in [-0.25, -0.2) is 4.98 Å². The van der Waals surface area contributed by atoms with E-state index in [9.17, 15) is 4.79 Å². The number of rotatable bonds is 5. The second-order valence-electron chi connectivity index (χ2n) is 10.1. The molecule has 6 rings (SSSR count). The van der Waals surface area contributed by atoms with Crippen LogP contribution < -0.4 is 16.6 Å². The summed E-state index contributed by atoms with van der Waals surface area (Å²) in [6, 6.07) is 12.2. The summed E-state index contributed by atoms with van der Waals surface area (Å²) in [6.07, 6.45) is 9.30. The van der Waals surface area contributed by atoms with E-state index in [1.54, 1.807) is 12.4 Å². The lowest BCUT2D eigenvalue weighted by atomic mass is 9.91. The molecule has 0 spiro atoms. The number of fused-ring (bicyclic) bond motifs is 1. The summed E-state index contributed by atoms with van der Waals surface area (Å²) in [5, 5.41) is 4.70. The van der Waals surface area contributed by atoms with Crippen LogP contribution >= 0.6 is 11.6 Å². The van der Waals surface area contributed by atoms with Gasteiger partial charge >= 0.3 is 0 Å². The van der Waals surface area contributed by atoms with Gasteiger partial charge < -0.3 is 11.1 Å². The van der Waals surface area contributed by atoms with Crippen molar-refractivity contribution >= 4 is 28.6 Å². The van der Waals surface area contributed by atoms with Crippen LogP contribution in [0.4, 0.5) is 5.95 Å². The fraction of sp³-hybridized carbons (Fsp3) is 0.357. The van der Waals surface area contributed by atoms with Crippen molar-refractivity contribution in [2.75, 3.05) is 5.32 Å². The van der Waals surface area contributed by atoms with Crippen LogP contribution in [0.5, 0.6) is 0 Å². The molecule has 0 saturated heterocycles. The predicted octanol–water partition coefficient (Wildman–Crippen LogP) is 5.50. The Labute approximate surface area is 214 Å². The van der Waals surface area contributed by atoms with E-state index in [0.29, 0.717) is 33.8 Å². The summed E-state index contributed by atoms with van der Waals surface area (Å²) >= 11 is 6.80. The average molecular weight is 501 g/mol. The van der Waals surface area contributed by atoms with Gasteiger partial charge in [0, 0.05) is 57.6 Å². The van der Waals surface area contributed by atoms with Crippen LogP contribution in [0.2, 0.25) is 5.02 Å². The number of aromatic nitrogens is 4. The number of nitrogens with one attached hydrogen (secondary N) is 1. The van der Waals surface area contributed by atoms with Crippen molar-refractivity contribution in [3.05, 3.63) is 69.7 Å². The number of halogens is 1.